The lowest BCUT2D eigenvalue weighted by Gasteiger charge is -2.31. The maximum Gasteiger partial charge on any atom is 0.255 e. The first-order chi connectivity index (χ1) is 17.0. The molecule has 7 heteroatoms. The molecule has 1 atom stereocenters. The summed E-state index contributed by atoms with van der Waals surface area (Å²) in [6, 6.07) is 20.2. The molecular weight excluding hydrogens is 444 g/mol. The number of carbonyl (C=O) groups excluding carboxylic acids is 2. The number of fused-ring (bicyclic) bond motifs is 1. The maximum absolute atomic E-state index is 13.6. The molecular formula is C28H30N2O5. The first kappa shape index (κ1) is 24.1. The predicted molar refractivity (Wildman–Crippen MR) is 134 cm³/mol. The number of benzene rings is 3. The van der Waals surface area contributed by atoms with Gasteiger partial charge in [-0.1, -0.05) is 36.4 Å². The molecule has 0 saturated carbocycles. The number of amides is 2. The quantitative estimate of drug-likeness (QED) is 0.443. The van der Waals surface area contributed by atoms with Crippen LogP contribution in [0.25, 0.3) is 0 Å². The molecule has 1 aliphatic rings. The molecule has 2 amide bonds. The fourth-order valence-electron chi connectivity index (χ4n) is 4.62. The first-order valence-electron chi connectivity index (χ1n) is 11.6. The van der Waals surface area contributed by atoms with Gasteiger partial charge in [-0.05, 0) is 48.4 Å². The van der Waals surface area contributed by atoms with E-state index in [-0.39, 0.29) is 18.2 Å². The summed E-state index contributed by atoms with van der Waals surface area (Å²) >= 11 is 0. The van der Waals surface area contributed by atoms with Crippen molar-refractivity contribution in [2.75, 3.05) is 32.8 Å². The highest BCUT2D eigenvalue weighted by atomic mass is 16.5. The lowest BCUT2D eigenvalue weighted by molar-refractivity contribution is -0.119. The second kappa shape index (κ2) is 10.5. The first-order valence-corrected chi connectivity index (χ1v) is 11.6. The summed E-state index contributed by atoms with van der Waals surface area (Å²) in [5, 5.41) is 0. The lowest BCUT2D eigenvalue weighted by atomic mass is 9.99. The van der Waals surface area contributed by atoms with Crippen LogP contribution in [0.15, 0.2) is 66.7 Å². The van der Waals surface area contributed by atoms with Crippen molar-refractivity contribution >= 4 is 17.5 Å². The van der Waals surface area contributed by atoms with Crippen molar-refractivity contribution in [2.45, 2.75) is 25.9 Å². The van der Waals surface area contributed by atoms with E-state index in [1.807, 2.05) is 73.7 Å². The number of ether oxygens (including phenoxy) is 3. The molecule has 1 heterocycles. The van der Waals surface area contributed by atoms with Crippen LogP contribution in [-0.4, -0.2) is 44.6 Å². The molecule has 0 bridgehead atoms. The Balaban J connectivity index is 1.77. The van der Waals surface area contributed by atoms with Gasteiger partial charge >= 0.3 is 0 Å². The van der Waals surface area contributed by atoms with Crippen molar-refractivity contribution in [3.63, 3.8) is 0 Å². The van der Waals surface area contributed by atoms with Gasteiger partial charge in [0.15, 0.2) is 11.5 Å². The Hall–Kier alpha value is -4.00. The van der Waals surface area contributed by atoms with Crippen LogP contribution in [0.2, 0.25) is 0 Å². The fourth-order valence-corrected chi connectivity index (χ4v) is 4.62. The van der Waals surface area contributed by atoms with E-state index in [1.165, 1.54) is 0 Å². The van der Waals surface area contributed by atoms with Gasteiger partial charge in [0, 0.05) is 24.3 Å². The van der Waals surface area contributed by atoms with Gasteiger partial charge in [0.2, 0.25) is 11.7 Å². The highest BCUT2D eigenvalue weighted by molar-refractivity contribution is 5.99. The van der Waals surface area contributed by atoms with Gasteiger partial charge in [0.1, 0.15) is 0 Å². The normalized spacial score (nSPS) is 13.3. The largest absolute Gasteiger partial charge is 0.493 e. The van der Waals surface area contributed by atoms with Crippen molar-refractivity contribution in [2.24, 2.45) is 0 Å². The van der Waals surface area contributed by atoms with Crippen LogP contribution in [0.5, 0.6) is 17.2 Å². The molecule has 0 fully saturated rings. The van der Waals surface area contributed by atoms with Gasteiger partial charge < -0.3 is 24.0 Å². The van der Waals surface area contributed by atoms with Gasteiger partial charge in [-0.3, -0.25) is 9.59 Å². The van der Waals surface area contributed by atoms with E-state index >= 15 is 0 Å². The Labute approximate surface area is 205 Å². The smallest absolute Gasteiger partial charge is 0.255 e. The van der Waals surface area contributed by atoms with Crippen LogP contribution in [0.4, 0.5) is 5.69 Å². The van der Waals surface area contributed by atoms with Crippen LogP contribution in [-0.2, 0) is 11.3 Å². The number of anilines is 1. The van der Waals surface area contributed by atoms with E-state index in [2.05, 4.69) is 0 Å². The average Bonchev–Trinajstić information content (AvgIpc) is 3.23. The topological polar surface area (TPSA) is 68.3 Å². The van der Waals surface area contributed by atoms with E-state index in [1.54, 1.807) is 31.1 Å². The van der Waals surface area contributed by atoms with E-state index in [9.17, 15) is 9.59 Å². The SMILES string of the molecule is CCN(C(=O)CC(c1cc(OC)c(OC)c(OC)c1)N1Cc2ccccc2C1=O)c1ccccc1. The molecule has 182 valence electrons. The van der Waals surface area contributed by atoms with E-state index in [4.69, 9.17) is 14.2 Å². The van der Waals surface area contributed by atoms with Gasteiger partial charge in [-0.2, -0.15) is 0 Å². The van der Waals surface area contributed by atoms with Gasteiger partial charge in [0.05, 0.1) is 33.8 Å². The molecule has 3 aromatic carbocycles. The number of hydrogen-bond donors (Lipinski definition) is 0. The molecule has 0 aliphatic carbocycles. The highest BCUT2D eigenvalue weighted by Gasteiger charge is 2.36. The minimum absolute atomic E-state index is 0.0822. The standard InChI is InChI=1S/C28H30N2O5/c1-5-29(21-12-7-6-8-13-21)26(31)17-23(30-18-19-11-9-10-14-22(19)28(30)32)20-15-24(33-2)27(35-4)25(16-20)34-3/h6-16,23H,5,17-18H2,1-4H3. The monoisotopic (exact) mass is 474 g/mol. The maximum atomic E-state index is 13.6. The number of para-hydroxylation sites is 1. The van der Waals surface area contributed by atoms with Gasteiger partial charge in [-0.15, -0.1) is 0 Å². The molecule has 35 heavy (non-hydrogen) atoms. The second-order valence-corrected chi connectivity index (χ2v) is 8.24. The summed E-state index contributed by atoms with van der Waals surface area (Å²) in [6.45, 7) is 2.87. The van der Waals surface area contributed by atoms with Crippen molar-refractivity contribution in [3.05, 3.63) is 83.4 Å². The van der Waals surface area contributed by atoms with Crippen LogP contribution in [0.1, 0.15) is 40.9 Å². The van der Waals surface area contributed by atoms with Crippen molar-refractivity contribution in [1.82, 2.24) is 4.90 Å². The Bertz CT molecular complexity index is 1190. The van der Waals surface area contributed by atoms with Crippen molar-refractivity contribution in [3.8, 4) is 17.2 Å². The third-order valence-electron chi connectivity index (χ3n) is 6.35. The zero-order valence-corrected chi connectivity index (χ0v) is 20.5. The third-order valence-corrected chi connectivity index (χ3v) is 6.35. The minimum Gasteiger partial charge on any atom is -0.493 e. The third kappa shape index (κ3) is 4.67. The number of methoxy groups -OCH3 is 3. The molecule has 0 radical (unpaired) electrons. The molecule has 7 nitrogen and oxygen atoms in total. The van der Waals surface area contributed by atoms with Gasteiger partial charge in [-0.25, -0.2) is 0 Å². The summed E-state index contributed by atoms with van der Waals surface area (Å²) in [5.74, 6) is 1.22. The number of carbonyl (C=O) groups is 2. The van der Waals surface area contributed by atoms with Crippen LogP contribution in [0, 0.1) is 0 Å². The molecule has 0 saturated heterocycles. The van der Waals surface area contributed by atoms with Gasteiger partial charge in [0.25, 0.3) is 5.91 Å². The number of nitrogens with zero attached hydrogens (tertiary/aromatic N) is 2. The number of rotatable bonds is 9. The molecule has 1 unspecified atom stereocenters. The lowest BCUT2D eigenvalue weighted by Crippen LogP contribution is -2.37. The van der Waals surface area contributed by atoms with Crippen LogP contribution >= 0.6 is 0 Å². The van der Waals surface area contributed by atoms with Crippen LogP contribution < -0.4 is 19.1 Å². The fraction of sp³-hybridized carbons (Fsp3) is 0.286. The number of hydrogen-bond acceptors (Lipinski definition) is 5. The molecule has 3 aromatic rings. The zero-order valence-electron chi connectivity index (χ0n) is 20.5. The summed E-state index contributed by atoms with van der Waals surface area (Å²) < 4.78 is 16.6. The van der Waals surface area contributed by atoms with Crippen molar-refractivity contribution in [1.29, 1.82) is 0 Å². The Morgan fingerprint density at radius 2 is 1.57 bits per heavy atom. The molecule has 0 N–H and O–H groups in total. The van der Waals surface area contributed by atoms with E-state index in [0.717, 1.165) is 16.8 Å². The Kier molecular flexibility index (Phi) is 7.25. The summed E-state index contributed by atoms with van der Waals surface area (Å²) in [6.07, 6.45) is 0.0983. The average molecular weight is 475 g/mol. The summed E-state index contributed by atoms with van der Waals surface area (Å²) in [7, 11) is 4.64. The molecule has 1 aliphatic heterocycles. The Morgan fingerprint density at radius 3 is 2.14 bits per heavy atom. The molecule has 4 rings (SSSR count). The van der Waals surface area contributed by atoms with E-state index < -0.39 is 6.04 Å². The van der Waals surface area contributed by atoms with Crippen molar-refractivity contribution < 1.29 is 23.8 Å². The highest BCUT2D eigenvalue weighted by Crippen LogP contribution is 2.43. The van der Waals surface area contributed by atoms with Crippen LogP contribution in [0.3, 0.4) is 0 Å². The summed E-state index contributed by atoms with van der Waals surface area (Å²) in [4.78, 5) is 30.6. The Morgan fingerprint density at radius 1 is 0.943 bits per heavy atom. The zero-order chi connectivity index (χ0) is 24.9. The molecule has 0 aromatic heterocycles. The second-order valence-electron chi connectivity index (χ2n) is 8.24. The van der Waals surface area contributed by atoms with E-state index in [0.29, 0.717) is 35.9 Å². The molecule has 0 spiro atoms. The summed E-state index contributed by atoms with van der Waals surface area (Å²) in [5.41, 5.74) is 3.16. The predicted octanol–water partition coefficient (Wildman–Crippen LogP) is 4.85. The minimum atomic E-state index is -0.533.